The van der Waals surface area contributed by atoms with Crippen molar-refractivity contribution in [1.29, 1.82) is 0 Å². The lowest BCUT2D eigenvalue weighted by atomic mass is 9.87. The molecule has 0 spiro atoms. The van der Waals surface area contributed by atoms with Gasteiger partial charge in [-0.15, -0.1) is 0 Å². The molecule has 0 bridgehead atoms. The smallest absolute Gasteiger partial charge is 0.0581 e. The van der Waals surface area contributed by atoms with Crippen molar-refractivity contribution < 1.29 is 9.47 Å². The monoisotopic (exact) mass is 308 g/mol. The fourth-order valence-electron chi connectivity index (χ4n) is 4.85. The van der Waals surface area contributed by atoms with E-state index in [1.807, 2.05) is 0 Å². The van der Waals surface area contributed by atoms with Crippen LogP contribution in [0.4, 0.5) is 0 Å². The van der Waals surface area contributed by atoms with Gasteiger partial charge in [0.1, 0.15) is 0 Å². The highest BCUT2D eigenvalue weighted by atomic mass is 16.5. The van der Waals surface area contributed by atoms with Crippen LogP contribution in [0.15, 0.2) is 0 Å². The van der Waals surface area contributed by atoms with Crippen molar-refractivity contribution in [3.8, 4) is 0 Å². The highest BCUT2D eigenvalue weighted by molar-refractivity contribution is 4.79. The second kappa shape index (κ2) is 8.15. The largest absolute Gasteiger partial charge is 0.375 e. The van der Waals surface area contributed by atoms with E-state index in [1.54, 1.807) is 0 Å². The van der Waals surface area contributed by atoms with Gasteiger partial charge in [0.2, 0.25) is 0 Å². The first-order valence-electron chi connectivity index (χ1n) is 10.00. The van der Waals surface area contributed by atoms with Gasteiger partial charge >= 0.3 is 0 Å². The minimum atomic E-state index is 0.514. The highest BCUT2D eigenvalue weighted by Gasteiger charge is 2.29. The van der Waals surface area contributed by atoms with Crippen molar-refractivity contribution in [2.24, 2.45) is 11.8 Å². The molecule has 0 N–H and O–H groups in total. The molecule has 4 atom stereocenters. The first-order chi connectivity index (χ1) is 10.7. The summed E-state index contributed by atoms with van der Waals surface area (Å²) in [6, 6.07) is 0. The molecule has 3 fully saturated rings. The first kappa shape index (κ1) is 16.8. The summed E-state index contributed by atoms with van der Waals surface area (Å²) in [5.41, 5.74) is 0. The van der Waals surface area contributed by atoms with E-state index in [0.717, 1.165) is 11.8 Å². The van der Waals surface area contributed by atoms with E-state index in [9.17, 15) is 0 Å². The Hall–Kier alpha value is -0.0800. The maximum Gasteiger partial charge on any atom is 0.0581 e. The van der Waals surface area contributed by atoms with Crippen molar-refractivity contribution in [3.63, 3.8) is 0 Å². The third-order valence-corrected chi connectivity index (χ3v) is 6.17. The summed E-state index contributed by atoms with van der Waals surface area (Å²) in [5.74, 6) is 1.73. The summed E-state index contributed by atoms with van der Waals surface area (Å²) in [6.07, 6.45) is 17.7. The van der Waals surface area contributed by atoms with Crippen LogP contribution in [0.3, 0.4) is 0 Å². The quantitative estimate of drug-likeness (QED) is 0.684. The fraction of sp³-hybridized carbons (Fsp3) is 1.00. The normalized spacial score (nSPS) is 43.9. The van der Waals surface area contributed by atoms with Gasteiger partial charge in [0, 0.05) is 0 Å². The maximum atomic E-state index is 6.40. The lowest BCUT2D eigenvalue weighted by molar-refractivity contribution is -0.0977. The molecule has 0 aliphatic heterocycles. The predicted octanol–water partition coefficient (Wildman–Crippen LogP) is 5.49. The van der Waals surface area contributed by atoms with Crippen molar-refractivity contribution in [1.82, 2.24) is 0 Å². The van der Waals surface area contributed by atoms with Gasteiger partial charge in [-0.1, -0.05) is 39.5 Å². The Labute approximate surface area is 137 Å². The summed E-state index contributed by atoms with van der Waals surface area (Å²) in [7, 11) is 0. The third-order valence-electron chi connectivity index (χ3n) is 6.17. The second-order valence-electron chi connectivity index (χ2n) is 8.46. The molecule has 0 amide bonds. The molecule has 0 heterocycles. The molecule has 0 aromatic rings. The zero-order chi connectivity index (χ0) is 15.4. The molecule has 3 saturated carbocycles. The molecule has 128 valence electrons. The van der Waals surface area contributed by atoms with E-state index in [4.69, 9.17) is 9.47 Å². The van der Waals surface area contributed by atoms with Gasteiger partial charge < -0.3 is 9.47 Å². The Balaban J connectivity index is 1.35. The Morgan fingerprint density at radius 1 is 0.500 bits per heavy atom. The van der Waals surface area contributed by atoms with Crippen molar-refractivity contribution in [2.45, 2.75) is 115 Å². The molecule has 2 heteroatoms. The van der Waals surface area contributed by atoms with Crippen molar-refractivity contribution in [3.05, 3.63) is 0 Å². The average molecular weight is 309 g/mol. The Kier molecular flexibility index (Phi) is 6.21. The highest BCUT2D eigenvalue weighted by Crippen LogP contribution is 2.33. The molecular weight excluding hydrogens is 272 g/mol. The van der Waals surface area contributed by atoms with Gasteiger partial charge in [0.05, 0.1) is 24.4 Å². The Bertz CT molecular complexity index is 290. The molecule has 4 unspecified atom stereocenters. The molecule has 2 nitrogen and oxygen atoms in total. The molecule has 3 rings (SSSR count). The summed E-state index contributed by atoms with van der Waals surface area (Å²) >= 11 is 0. The standard InChI is InChI=1S/C20H36O2/c1-15-5-3-7-19(13-15)21-17-9-11-18(12-10-17)22-20-8-4-6-16(2)14-20/h15-20H,3-14H2,1-2H3. The molecular formula is C20H36O2. The van der Waals surface area contributed by atoms with Gasteiger partial charge in [-0.05, 0) is 63.2 Å². The van der Waals surface area contributed by atoms with Crippen LogP contribution in [0.2, 0.25) is 0 Å². The maximum absolute atomic E-state index is 6.40. The average Bonchev–Trinajstić information content (AvgIpc) is 2.49. The summed E-state index contributed by atoms with van der Waals surface area (Å²) in [6.45, 7) is 4.76. The molecule has 3 aliphatic rings. The van der Waals surface area contributed by atoms with Gasteiger partial charge in [0.25, 0.3) is 0 Å². The topological polar surface area (TPSA) is 18.5 Å². The lowest BCUT2D eigenvalue weighted by Gasteiger charge is -2.36. The van der Waals surface area contributed by atoms with Gasteiger partial charge in [-0.3, -0.25) is 0 Å². The Morgan fingerprint density at radius 2 is 0.909 bits per heavy atom. The summed E-state index contributed by atoms with van der Waals surface area (Å²) < 4.78 is 12.8. The number of ether oxygens (including phenoxy) is 2. The predicted molar refractivity (Wildman–Crippen MR) is 91.1 cm³/mol. The third kappa shape index (κ3) is 4.96. The molecule has 0 saturated heterocycles. The van der Waals surface area contributed by atoms with E-state index in [0.29, 0.717) is 24.4 Å². The molecule has 0 aromatic heterocycles. The van der Waals surface area contributed by atoms with E-state index < -0.39 is 0 Å². The fourth-order valence-corrected chi connectivity index (χ4v) is 4.85. The van der Waals surface area contributed by atoms with Crippen LogP contribution in [0, 0.1) is 11.8 Å². The molecule has 0 aromatic carbocycles. The van der Waals surface area contributed by atoms with Crippen LogP contribution in [-0.4, -0.2) is 24.4 Å². The zero-order valence-corrected chi connectivity index (χ0v) is 14.8. The summed E-state index contributed by atoms with van der Waals surface area (Å²) in [5, 5.41) is 0. The van der Waals surface area contributed by atoms with Crippen LogP contribution < -0.4 is 0 Å². The second-order valence-corrected chi connectivity index (χ2v) is 8.46. The van der Waals surface area contributed by atoms with E-state index in [-0.39, 0.29) is 0 Å². The van der Waals surface area contributed by atoms with E-state index in [1.165, 1.54) is 77.0 Å². The van der Waals surface area contributed by atoms with Crippen LogP contribution in [-0.2, 0) is 9.47 Å². The minimum Gasteiger partial charge on any atom is -0.375 e. The van der Waals surface area contributed by atoms with Crippen LogP contribution in [0.1, 0.15) is 90.9 Å². The van der Waals surface area contributed by atoms with Gasteiger partial charge in [0.15, 0.2) is 0 Å². The van der Waals surface area contributed by atoms with Crippen LogP contribution >= 0.6 is 0 Å². The van der Waals surface area contributed by atoms with Crippen molar-refractivity contribution >= 4 is 0 Å². The SMILES string of the molecule is CC1CCCC(OC2CCC(OC3CCCC(C)C3)CC2)C1. The minimum absolute atomic E-state index is 0.514. The molecule has 0 radical (unpaired) electrons. The van der Waals surface area contributed by atoms with Gasteiger partial charge in [-0.25, -0.2) is 0 Å². The van der Waals surface area contributed by atoms with E-state index >= 15 is 0 Å². The summed E-state index contributed by atoms with van der Waals surface area (Å²) in [4.78, 5) is 0. The number of hydrogen-bond donors (Lipinski definition) is 0. The van der Waals surface area contributed by atoms with Crippen molar-refractivity contribution in [2.75, 3.05) is 0 Å². The zero-order valence-electron chi connectivity index (χ0n) is 14.8. The lowest BCUT2D eigenvalue weighted by Crippen LogP contribution is -2.34. The molecule has 3 aliphatic carbocycles. The van der Waals surface area contributed by atoms with Crippen LogP contribution in [0.25, 0.3) is 0 Å². The Morgan fingerprint density at radius 3 is 1.27 bits per heavy atom. The van der Waals surface area contributed by atoms with Gasteiger partial charge in [-0.2, -0.15) is 0 Å². The van der Waals surface area contributed by atoms with Crippen LogP contribution in [0.5, 0.6) is 0 Å². The number of hydrogen-bond acceptors (Lipinski definition) is 2. The first-order valence-corrected chi connectivity index (χ1v) is 10.00. The molecule has 22 heavy (non-hydrogen) atoms. The number of rotatable bonds is 4. The van der Waals surface area contributed by atoms with E-state index in [2.05, 4.69) is 13.8 Å².